The van der Waals surface area contributed by atoms with Gasteiger partial charge in [-0.3, -0.25) is 0 Å². The van der Waals surface area contributed by atoms with Gasteiger partial charge in [0.05, 0.1) is 24.9 Å². The first-order valence-corrected chi connectivity index (χ1v) is 7.49. The Labute approximate surface area is 144 Å². The van der Waals surface area contributed by atoms with Crippen molar-refractivity contribution in [2.24, 2.45) is 0 Å². The van der Waals surface area contributed by atoms with Gasteiger partial charge in [0, 0.05) is 11.8 Å². The van der Waals surface area contributed by atoms with E-state index in [0.29, 0.717) is 33.0 Å². The van der Waals surface area contributed by atoms with Gasteiger partial charge in [-0.15, -0.1) is 0 Å². The summed E-state index contributed by atoms with van der Waals surface area (Å²) in [5.41, 5.74) is 2.03. The lowest BCUT2D eigenvalue weighted by molar-refractivity contribution is 0.396. The van der Waals surface area contributed by atoms with E-state index in [1.165, 1.54) is 26.4 Å². The van der Waals surface area contributed by atoms with E-state index < -0.39 is 0 Å². The standard InChI is InChI=1S/C16H16ClFN2O2S/c1-9-4-5-10(18)6-12(9)19-16(23)20-13-7-11(17)14(21-2)8-15(13)22-3/h4-8H,1-3H3,(H2,19,20,23). The summed E-state index contributed by atoms with van der Waals surface area (Å²) in [6, 6.07) is 7.74. The summed E-state index contributed by atoms with van der Waals surface area (Å²) in [7, 11) is 3.05. The molecule has 0 saturated heterocycles. The molecule has 0 spiro atoms. The molecule has 0 amide bonds. The molecule has 122 valence electrons. The molecule has 0 atom stereocenters. The van der Waals surface area contributed by atoms with Crippen molar-refractivity contribution >= 4 is 40.3 Å². The highest BCUT2D eigenvalue weighted by Crippen LogP contribution is 2.36. The molecule has 0 fully saturated rings. The lowest BCUT2D eigenvalue weighted by atomic mass is 10.2. The minimum atomic E-state index is -0.342. The van der Waals surface area contributed by atoms with E-state index in [1.807, 2.05) is 6.92 Å². The Hall–Kier alpha value is -2.05. The number of hydrogen-bond donors (Lipinski definition) is 2. The molecule has 0 unspecified atom stereocenters. The molecule has 2 N–H and O–H groups in total. The summed E-state index contributed by atoms with van der Waals surface area (Å²) in [5.74, 6) is 0.672. The number of thiocarbonyl (C=S) groups is 1. The van der Waals surface area contributed by atoms with Crippen molar-refractivity contribution in [3.63, 3.8) is 0 Å². The fourth-order valence-electron chi connectivity index (χ4n) is 1.96. The van der Waals surface area contributed by atoms with Crippen LogP contribution in [0.25, 0.3) is 0 Å². The van der Waals surface area contributed by atoms with Crippen molar-refractivity contribution in [1.82, 2.24) is 0 Å². The van der Waals surface area contributed by atoms with Gasteiger partial charge in [0.15, 0.2) is 5.11 Å². The number of ether oxygens (including phenoxy) is 2. The molecule has 0 heterocycles. The third-order valence-corrected chi connectivity index (χ3v) is 3.67. The van der Waals surface area contributed by atoms with Crippen LogP contribution in [0.1, 0.15) is 5.56 Å². The van der Waals surface area contributed by atoms with Gasteiger partial charge in [-0.05, 0) is 42.9 Å². The highest BCUT2D eigenvalue weighted by molar-refractivity contribution is 7.80. The summed E-state index contributed by atoms with van der Waals surface area (Å²) >= 11 is 11.4. The first-order chi connectivity index (χ1) is 10.9. The summed E-state index contributed by atoms with van der Waals surface area (Å²) in [6.07, 6.45) is 0. The third-order valence-electron chi connectivity index (χ3n) is 3.17. The average Bonchev–Trinajstić information content (AvgIpc) is 2.51. The van der Waals surface area contributed by atoms with E-state index in [1.54, 1.807) is 18.2 Å². The first-order valence-electron chi connectivity index (χ1n) is 6.70. The molecule has 0 saturated carbocycles. The van der Waals surface area contributed by atoms with Gasteiger partial charge in [-0.25, -0.2) is 4.39 Å². The van der Waals surface area contributed by atoms with E-state index in [0.717, 1.165) is 5.56 Å². The molecular weight excluding hydrogens is 339 g/mol. The van der Waals surface area contributed by atoms with Crippen LogP contribution in [0.4, 0.5) is 15.8 Å². The normalized spacial score (nSPS) is 10.1. The number of anilines is 2. The molecule has 23 heavy (non-hydrogen) atoms. The molecule has 2 rings (SSSR count). The summed E-state index contributed by atoms with van der Waals surface area (Å²) < 4.78 is 23.8. The molecule has 0 aliphatic rings. The van der Waals surface area contributed by atoms with Crippen LogP contribution >= 0.6 is 23.8 Å². The zero-order chi connectivity index (χ0) is 17.0. The number of rotatable bonds is 4. The van der Waals surface area contributed by atoms with Crippen LogP contribution in [0.2, 0.25) is 5.02 Å². The molecule has 0 bridgehead atoms. The fourth-order valence-corrected chi connectivity index (χ4v) is 2.42. The van der Waals surface area contributed by atoms with Crippen LogP contribution in [-0.2, 0) is 0 Å². The maximum Gasteiger partial charge on any atom is 0.175 e. The minimum Gasteiger partial charge on any atom is -0.495 e. The predicted octanol–water partition coefficient (Wildman–Crippen LogP) is 4.61. The van der Waals surface area contributed by atoms with Gasteiger partial charge in [0.1, 0.15) is 17.3 Å². The largest absolute Gasteiger partial charge is 0.495 e. The second-order valence-electron chi connectivity index (χ2n) is 4.73. The van der Waals surface area contributed by atoms with Gasteiger partial charge in [-0.2, -0.15) is 0 Å². The summed E-state index contributed by atoms with van der Waals surface area (Å²) in [4.78, 5) is 0. The van der Waals surface area contributed by atoms with Gasteiger partial charge in [0.25, 0.3) is 0 Å². The Balaban J connectivity index is 2.20. The van der Waals surface area contributed by atoms with Crippen molar-refractivity contribution in [1.29, 1.82) is 0 Å². The predicted molar refractivity (Wildman–Crippen MR) is 95.5 cm³/mol. The van der Waals surface area contributed by atoms with Gasteiger partial charge in [-0.1, -0.05) is 17.7 Å². The molecule has 0 aliphatic heterocycles. The Morgan fingerprint density at radius 1 is 1.04 bits per heavy atom. The van der Waals surface area contributed by atoms with Crippen molar-refractivity contribution in [2.75, 3.05) is 24.9 Å². The van der Waals surface area contributed by atoms with Crippen molar-refractivity contribution in [2.45, 2.75) is 6.92 Å². The molecule has 7 heteroatoms. The van der Waals surface area contributed by atoms with Crippen LogP contribution < -0.4 is 20.1 Å². The first kappa shape index (κ1) is 17.3. The topological polar surface area (TPSA) is 42.5 Å². The number of halogens is 2. The smallest absolute Gasteiger partial charge is 0.175 e. The monoisotopic (exact) mass is 354 g/mol. The maximum atomic E-state index is 13.3. The number of benzene rings is 2. The second-order valence-corrected chi connectivity index (χ2v) is 5.54. The lowest BCUT2D eigenvalue weighted by Gasteiger charge is -2.16. The van der Waals surface area contributed by atoms with Gasteiger partial charge < -0.3 is 20.1 Å². The van der Waals surface area contributed by atoms with E-state index >= 15 is 0 Å². The highest BCUT2D eigenvalue weighted by atomic mass is 35.5. The zero-order valence-corrected chi connectivity index (χ0v) is 14.4. The molecule has 0 aromatic heterocycles. The highest BCUT2D eigenvalue weighted by Gasteiger charge is 2.11. The van der Waals surface area contributed by atoms with Crippen molar-refractivity contribution < 1.29 is 13.9 Å². The van der Waals surface area contributed by atoms with E-state index in [2.05, 4.69) is 10.6 Å². The Kier molecular flexibility index (Phi) is 5.63. The summed E-state index contributed by atoms with van der Waals surface area (Å²) in [5, 5.41) is 6.64. The van der Waals surface area contributed by atoms with Gasteiger partial charge in [0.2, 0.25) is 0 Å². The number of hydrogen-bond acceptors (Lipinski definition) is 3. The van der Waals surface area contributed by atoms with Crippen LogP contribution in [0.15, 0.2) is 30.3 Å². The van der Waals surface area contributed by atoms with Gasteiger partial charge >= 0.3 is 0 Å². The summed E-state index contributed by atoms with van der Waals surface area (Å²) in [6.45, 7) is 1.86. The number of nitrogens with one attached hydrogen (secondary N) is 2. The zero-order valence-electron chi connectivity index (χ0n) is 12.9. The molecular formula is C16H16ClFN2O2S. The molecule has 0 radical (unpaired) electrons. The Bertz CT molecular complexity index is 740. The van der Waals surface area contributed by atoms with E-state index in [9.17, 15) is 4.39 Å². The lowest BCUT2D eigenvalue weighted by Crippen LogP contribution is -2.20. The van der Waals surface area contributed by atoms with Crippen LogP contribution in [0, 0.1) is 12.7 Å². The minimum absolute atomic E-state index is 0.290. The molecule has 0 aliphatic carbocycles. The Morgan fingerprint density at radius 3 is 2.35 bits per heavy atom. The molecule has 4 nitrogen and oxygen atoms in total. The number of methoxy groups -OCH3 is 2. The Morgan fingerprint density at radius 2 is 1.70 bits per heavy atom. The van der Waals surface area contributed by atoms with Crippen LogP contribution in [0.5, 0.6) is 11.5 Å². The third kappa shape index (κ3) is 4.24. The quantitative estimate of drug-likeness (QED) is 0.784. The van der Waals surface area contributed by atoms with E-state index in [4.69, 9.17) is 33.3 Å². The van der Waals surface area contributed by atoms with E-state index in [-0.39, 0.29) is 5.82 Å². The van der Waals surface area contributed by atoms with Crippen molar-refractivity contribution in [3.8, 4) is 11.5 Å². The second kappa shape index (κ2) is 7.48. The number of aryl methyl sites for hydroxylation is 1. The van der Waals surface area contributed by atoms with Crippen LogP contribution in [-0.4, -0.2) is 19.3 Å². The fraction of sp³-hybridized carbons (Fsp3) is 0.188. The molecule has 2 aromatic rings. The molecule has 2 aromatic carbocycles. The van der Waals surface area contributed by atoms with Crippen LogP contribution in [0.3, 0.4) is 0 Å². The van der Waals surface area contributed by atoms with Crippen molar-refractivity contribution in [3.05, 3.63) is 46.7 Å². The maximum absolute atomic E-state index is 13.3. The SMILES string of the molecule is COc1cc(OC)c(NC(=S)Nc2cc(F)ccc2C)cc1Cl. The average molecular weight is 355 g/mol.